The average molecular weight is 406 g/mol. The van der Waals surface area contributed by atoms with Crippen molar-refractivity contribution in [3.8, 4) is 0 Å². The van der Waals surface area contributed by atoms with E-state index in [9.17, 15) is 4.79 Å². The van der Waals surface area contributed by atoms with Gasteiger partial charge in [-0.2, -0.15) is 0 Å². The number of amides is 1. The number of carbonyl (C=O) groups is 1. The summed E-state index contributed by atoms with van der Waals surface area (Å²) < 4.78 is 5.63. The summed E-state index contributed by atoms with van der Waals surface area (Å²) in [5.41, 5.74) is 0.550. The molecule has 150 valence electrons. The summed E-state index contributed by atoms with van der Waals surface area (Å²) in [6.07, 6.45) is 1.44. The van der Waals surface area contributed by atoms with E-state index in [0.29, 0.717) is 6.54 Å². The van der Waals surface area contributed by atoms with E-state index in [1.807, 2.05) is 6.07 Å². The third kappa shape index (κ3) is 6.10. The second-order valence-electron chi connectivity index (χ2n) is 6.31. The number of rotatable bonds is 8. The molecule has 0 aliphatic carbocycles. The lowest BCUT2D eigenvalue weighted by molar-refractivity contribution is -0.147. The Morgan fingerprint density at radius 1 is 1.19 bits per heavy atom. The Morgan fingerprint density at radius 3 is 2.27 bits per heavy atom. The first kappa shape index (κ1) is 25.1. The van der Waals surface area contributed by atoms with Crippen LogP contribution < -0.4 is 10.6 Å². The highest BCUT2D eigenvalue weighted by Crippen LogP contribution is 2.24. The van der Waals surface area contributed by atoms with Crippen molar-refractivity contribution in [1.29, 1.82) is 0 Å². The summed E-state index contributed by atoms with van der Waals surface area (Å²) in [5, 5.41) is 6.45. The molecule has 5 nitrogen and oxygen atoms in total. The molecular formula is C19H33Cl2N3O2. The minimum absolute atomic E-state index is 0. The van der Waals surface area contributed by atoms with Crippen molar-refractivity contribution in [2.24, 2.45) is 0 Å². The van der Waals surface area contributed by atoms with E-state index in [0.717, 1.165) is 39.0 Å². The molecule has 0 saturated carbocycles. The maximum absolute atomic E-state index is 12.8. The van der Waals surface area contributed by atoms with E-state index in [1.54, 1.807) is 7.11 Å². The minimum atomic E-state index is -0.685. The zero-order chi connectivity index (χ0) is 17.4. The first-order valence-corrected chi connectivity index (χ1v) is 9.00. The second kappa shape index (κ2) is 12.5. The highest BCUT2D eigenvalue weighted by atomic mass is 35.5. The van der Waals surface area contributed by atoms with Crippen molar-refractivity contribution in [3.63, 3.8) is 0 Å². The molecule has 0 spiro atoms. The van der Waals surface area contributed by atoms with E-state index < -0.39 is 5.60 Å². The van der Waals surface area contributed by atoms with E-state index in [4.69, 9.17) is 4.74 Å². The lowest BCUT2D eigenvalue weighted by Gasteiger charge is -2.36. The molecule has 1 aliphatic heterocycles. The van der Waals surface area contributed by atoms with Gasteiger partial charge in [0.1, 0.15) is 5.60 Å². The molecule has 1 fully saturated rings. The van der Waals surface area contributed by atoms with Crippen LogP contribution in [-0.4, -0.2) is 56.2 Å². The average Bonchev–Trinajstić information content (AvgIpc) is 2.66. The fourth-order valence-electron chi connectivity index (χ4n) is 3.50. The number of hydrogen-bond acceptors (Lipinski definition) is 4. The van der Waals surface area contributed by atoms with Gasteiger partial charge in [0.2, 0.25) is 0 Å². The van der Waals surface area contributed by atoms with Crippen molar-refractivity contribution in [2.45, 2.75) is 38.3 Å². The van der Waals surface area contributed by atoms with Gasteiger partial charge in [0, 0.05) is 13.7 Å². The van der Waals surface area contributed by atoms with E-state index in [-0.39, 0.29) is 36.8 Å². The molecule has 1 aliphatic rings. The van der Waals surface area contributed by atoms with Crippen LogP contribution in [0.2, 0.25) is 0 Å². The largest absolute Gasteiger partial charge is 0.368 e. The van der Waals surface area contributed by atoms with Crippen LogP contribution in [0.25, 0.3) is 0 Å². The first-order chi connectivity index (χ1) is 11.7. The van der Waals surface area contributed by atoms with Gasteiger partial charge in [0.25, 0.3) is 5.91 Å². The number of nitrogens with one attached hydrogen (secondary N) is 2. The summed E-state index contributed by atoms with van der Waals surface area (Å²) in [5.74, 6) is 0.0135. The van der Waals surface area contributed by atoms with Crippen molar-refractivity contribution < 1.29 is 9.53 Å². The van der Waals surface area contributed by atoms with Gasteiger partial charge in [0.15, 0.2) is 0 Å². The van der Waals surface area contributed by atoms with E-state index in [2.05, 4.69) is 53.6 Å². The van der Waals surface area contributed by atoms with Gasteiger partial charge < -0.3 is 15.4 Å². The number of hydrogen-bond donors (Lipinski definition) is 2. The van der Waals surface area contributed by atoms with Crippen molar-refractivity contribution in [2.75, 3.05) is 39.8 Å². The van der Waals surface area contributed by atoms with Gasteiger partial charge in [-0.25, -0.2) is 0 Å². The van der Waals surface area contributed by atoms with Gasteiger partial charge in [0.05, 0.1) is 6.04 Å². The topological polar surface area (TPSA) is 53.6 Å². The fourth-order valence-corrected chi connectivity index (χ4v) is 3.50. The molecule has 1 aromatic rings. The van der Waals surface area contributed by atoms with Gasteiger partial charge in [-0.05, 0) is 44.6 Å². The molecule has 2 N–H and O–H groups in total. The molecule has 0 aromatic heterocycles. The van der Waals surface area contributed by atoms with Crippen LogP contribution in [0, 0.1) is 0 Å². The predicted octanol–water partition coefficient (Wildman–Crippen LogP) is 2.80. The Bertz CT molecular complexity index is 507. The number of halogens is 2. The Kier molecular flexibility index (Phi) is 12.1. The van der Waals surface area contributed by atoms with E-state index in [1.165, 1.54) is 5.56 Å². The summed E-state index contributed by atoms with van der Waals surface area (Å²) in [4.78, 5) is 15.2. The van der Waals surface area contributed by atoms with Crippen LogP contribution in [-0.2, 0) is 9.53 Å². The molecule has 1 unspecified atom stereocenters. The van der Waals surface area contributed by atoms with E-state index >= 15 is 0 Å². The summed E-state index contributed by atoms with van der Waals surface area (Å²) >= 11 is 0. The molecule has 1 saturated heterocycles. The molecular weight excluding hydrogens is 373 g/mol. The standard InChI is InChI=1S/C19H31N3O2.2ClH/c1-4-22(5-2)17(16-9-7-6-8-10-16)15-21-18(23)19(24-3)11-13-20-14-12-19;;/h6-10,17,20H,4-5,11-15H2,1-3H3,(H,21,23);2*1H. The van der Waals surface area contributed by atoms with Crippen molar-refractivity contribution >= 4 is 30.7 Å². The third-order valence-corrected chi connectivity index (χ3v) is 5.11. The van der Waals surface area contributed by atoms with Crippen molar-refractivity contribution in [1.82, 2.24) is 15.5 Å². The molecule has 1 aromatic carbocycles. The summed E-state index contributed by atoms with van der Waals surface area (Å²) in [6.45, 7) is 8.45. The Morgan fingerprint density at radius 2 is 1.77 bits per heavy atom. The maximum Gasteiger partial charge on any atom is 0.252 e. The number of nitrogens with zero attached hydrogens (tertiary/aromatic N) is 1. The highest BCUT2D eigenvalue weighted by molar-refractivity contribution is 5.86. The predicted molar refractivity (Wildman–Crippen MR) is 111 cm³/mol. The van der Waals surface area contributed by atoms with Gasteiger partial charge >= 0.3 is 0 Å². The molecule has 2 rings (SSSR count). The van der Waals surface area contributed by atoms with Crippen LogP contribution in [0.1, 0.15) is 38.3 Å². The smallest absolute Gasteiger partial charge is 0.252 e. The first-order valence-electron chi connectivity index (χ1n) is 9.00. The Labute approximate surface area is 170 Å². The summed E-state index contributed by atoms with van der Waals surface area (Å²) in [6, 6.07) is 10.6. The fraction of sp³-hybridized carbons (Fsp3) is 0.632. The molecule has 1 amide bonds. The lowest BCUT2D eigenvalue weighted by Crippen LogP contribution is -2.55. The van der Waals surface area contributed by atoms with Gasteiger partial charge in [-0.3, -0.25) is 9.69 Å². The second-order valence-corrected chi connectivity index (χ2v) is 6.31. The molecule has 26 heavy (non-hydrogen) atoms. The molecule has 0 bridgehead atoms. The lowest BCUT2D eigenvalue weighted by atomic mass is 9.91. The quantitative estimate of drug-likeness (QED) is 0.697. The summed E-state index contributed by atoms with van der Waals surface area (Å²) in [7, 11) is 1.64. The zero-order valence-electron chi connectivity index (χ0n) is 16.0. The molecule has 1 heterocycles. The number of piperidine rings is 1. The van der Waals surface area contributed by atoms with Crippen LogP contribution in [0.15, 0.2) is 30.3 Å². The third-order valence-electron chi connectivity index (χ3n) is 5.11. The Balaban J connectivity index is 0.00000312. The normalized spacial score (nSPS) is 16.9. The molecule has 1 atom stereocenters. The molecule has 0 radical (unpaired) electrons. The Hall–Kier alpha value is -0.850. The minimum Gasteiger partial charge on any atom is -0.368 e. The maximum atomic E-state index is 12.8. The zero-order valence-corrected chi connectivity index (χ0v) is 17.6. The number of benzene rings is 1. The number of likely N-dealkylation sites (N-methyl/N-ethyl adjacent to an activating group) is 1. The van der Waals surface area contributed by atoms with Gasteiger partial charge in [-0.15, -0.1) is 24.8 Å². The number of methoxy groups -OCH3 is 1. The monoisotopic (exact) mass is 405 g/mol. The van der Waals surface area contributed by atoms with Crippen LogP contribution >= 0.6 is 24.8 Å². The van der Waals surface area contributed by atoms with Crippen LogP contribution in [0.3, 0.4) is 0 Å². The van der Waals surface area contributed by atoms with Crippen LogP contribution in [0.5, 0.6) is 0 Å². The number of carbonyl (C=O) groups excluding carboxylic acids is 1. The highest BCUT2D eigenvalue weighted by Gasteiger charge is 2.39. The van der Waals surface area contributed by atoms with Gasteiger partial charge in [-0.1, -0.05) is 44.2 Å². The molecule has 7 heteroatoms. The number of ether oxygens (including phenoxy) is 1. The van der Waals surface area contributed by atoms with Crippen LogP contribution in [0.4, 0.5) is 0 Å². The SMILES string of the molecule is CCN(CC)C(CNC(=O)C1(OC)CCNCC1)c1ccccc1.Cl.Cl. The van der Waals surface area contributed by atoms with Crippen molar-refractivity contribution in [3.05, 3.63) is 35.9 Å².